The molecule has 0 radical (unpaired) electrons. The van der Waals surface area contributed by atoms with Gasteiger partial charge in [0.2, 0.25) is 0 Å². The second-order valence-electron chi connectivity index (χ2n) is 4.26. The summed E-state index contributed by atoms with van der Waals surface area (Å²) in [6.07, 6.45) is 4.18. The van der Waals surface area contributed by atoms with Crippen molar-refractivity contribution in [3.8, 4) is 0 Å². The molecule has 0 N–H and O–H groups in total. The number of hydrogen-bond acceptors (Lipinski definition) is 1. The lowest BCUT2D eigenvalue weighted by Crippen LogP contribution is -2.29. The minimum absolute atomic E-state index is 1.15. The molecule has 1 aromatic rings. The molecule has 0 aromatic heterocycles. The minimum Gasteiger partial charge on any atom is -0.299 e. The van der Waals surface area contributed by atoms with Crippen molar-refractivity contribution < 1.29 is 0 Å². The van der Waals surface area contributed by atoms with Crippen LogP contribution >= 0.6 is 0 Å². The average Bonchev–Trinajstić information content (AvgIpc) is 2.23. The van der Waals surface area contributed by atoms with E-state index in [1.165, 1.54) is 43.5 Å². The largest absolute Gasteiger partial charge is 0.299 e. The molecular formula is C13H19N. The molecule has 0 atom stereocenters. The summed E-state index contributed by atoms with van der Waals surface area (Å²) in [7, 11) is 0. The molecule has 1 heteroatoms. The zero-order chi connectivity index (χ0) is 9.80. The van der Waals surface area contributed by atoms with E-state index in [4.69, 9.17) is 0 Å². The zero-order valence-corrected chi connectivity index (χ0v) is 9.00. The van der Waals surface area contributed by atoms with Crippen LogP contribution in [0.1, 0.15) is 30.4 Å². The molecule has 1 heterocycles. The molecule has 0 aliphatic carbocycles. The fraction of sp³-hybridized carbons (Fsp3) is 0.538. The van der Waals surface area contributed by atoms with Crippen LogP contribution in [0.3, 0.4) is 0 Å². The lowest BCUT2D eigenvalue weighted by Gasteiger charge is -2.26. The van der Waals surface area contributed by atoms with Crippen molar-refractivity contribution >= 4 is 0 Å². The van der Waals surface area contributed by atoms with Gasteiger partial charge in [-0.1, -0.05) is 30.7 Å². The summed E-state index contributed by atoms with van der Waals surface area (Å²) in [6.45, 7) is 5.93. The van der Waals surface area contributed by atoms with Crippen LogP contribution in [-0.4, -0.2) is 18.0 Å². The van der Waals surface area contributed by atoms with Crippen LogP contribution < -0.4 is 0 Å². The average molecular weight is 189 g/mol. The van der Waals surface area contributed by atoms with Gasteiger partial charge in [-0.15, -0.1) is 0 Å². The number of benzene rings is 1. The predicted octanol–water partition coefficient (Wildman–Crippen LogP) is 2.98. The maximum Gasteiger partial charge on any atom is 0.0236 e. The number of nitrogens with zero attached hydrogens (tertiary/aromatic N) is 1. The van der Waals surface area contributed by atoms with E-state index in [1.807, 2.05) is 0 Å². The van der Waals surface area contributed by atoms with E-state index in [0.29, 0.717) is 0 Å². The van der Waals surface area contributed by atoms with E-state index >= 15 is 0 Å². The third-order valence-corrected chi connectivity index (χ3v) is 3.10. The number of piperidine rings is 1. The molecule has 0 bridgehead atoms. The molecule has 14 heavy (non-hydrogen) atoms. The fourth-order valence-electron chi connectivity index (χ4n) is 2.15. The molecule has 1 aliphatic heterocycles. The van der Waals surface area contributed by atoms with Crippen LogP contribution in [0.4, 0.5) is 0 Å². The molecule has 1 nitrogen and oxygen atoms in total. The quantitative estimate of drug-likeness (QED) is 0.691. The van der Waals surface area contributed by atoms with E-state index < -0.39 is 0 Å². The summed E-state index contributed by atoms with van der Waals surface area (Å²) in [5, 5.41) is 0. The monoisotopic (exact) mass is 189 g/mol. The first-order chi connectivity index (χ1) is 6.86. The second kappa shape index (κ2) is 4.61. The lowest BCUT2D eigenvalue weighted by atomic mass is 10.1. The lowest BCUT2D eigenvalue weighted by molar-refractivity contribution is 0.220. The molecule has 1 aliphatic rings. The Kier molecular flexibility index (Phi) is 3.20. The molecule has 0 unspecified atom stereocenters. The van der Waals surface area contributed by atoms with Gasteiger partial charge in [0.25, 0.3) is 0 Å². The highest BCUT2D eigenvalue weighted by atomic mass is 15.1. The Morgan fingerprint density at radius 1 is 1.07 bits per heavy atom. The van der Waals surface area contributed by atoms with Gasteiger partial charge in [-0.05, 0) is 44.0 Å². The van der Waals surface area contributed by atoms with Gasteiger partial charge in [0, 0.05) is 6.54 Å². The molecule has 0 saturated carbocycles. The van der Waals surface area contributed by atoms with Crippen molar-refractivity contribution in [3.63, 3.8) is 0 Å². The van der Waals surface area contributed by atoms with Crippen LogP contribution in [0.25, 0.3) is 0 Å². The molecular weight excluding hydrogens is 170 g/mol. The van der Waals surface area contributed by atoms with Gasteiger partial charge in [0.15, 0.2) is 0 Å². The number of hydrogen-bond donors (Lipinski definition) is 0. The van der Waals surface area contributed by atoms with Gasteiger partial charge in [0.05, 0.1) is 0 Å². The number of likely N-dealkylation sites (tertiary alicyclic amines) is 1. The Morgan fingerprint density at radius 2 is 1.79 bits per heavy atom. The van der Waals surface area contributed by atoms with Crippen LogP contribution in [-0.2, 0) is 6.54 Å². The van der Waals surface area contributed by atoms with Gasteiger partial charge in [-0.3, -0.25) is 4.90 Å². The minimum atomic E-state index is 1.15. The van der Waals surface area contributed by atoms with E-state index in [0.717, 1.165) is 6.54 Å². The Balaban J connectivity index is 1.99. The smallest absolute Gasteiger partial charge is 0.0236 e. The van der Waals surface area contributed by atoms with Crippen molar-refractivity contribution in [1.82, 2.24) is 4.90 Å². The summed E-state index contributed by atoms with van der Waals surface area (Å²) in [6, 6.07) is 8.73. The summed E-state index contributed by atoms with van der Waals surface area (Å²) in [5.74, 6) is 0. The molecule has 1 fully saturated rings. The molecule has 0 amide bonds. The molecule has 1 saturated heterocycles. The van der Waals surface area contributed by atoms with Gasteiger partial charge in [0.1, 0.15) is 0 Å². The number of aryl methyl sites for hydroxylation is 1. The highest BCUT2D eigenvalue weighted by Gasteiger charge is 2.10. The Bertz CT molecular complexity index is 287. The predicted molar refractivity (Wildman–Crippen MR) is 60.3 cm³/mol. The van der Waals surface area contributed by atoms with Gasteiger partial charge >= 0.3 is 0 Å². The second-order valence-corrected chi connectivity index (χ2v) is 4.26. The first-order valence-electron chi connectivity index (χ1n) is 5.63. The Hall–Kier alpha value is -0.820. The highest BCUT2D eigenvalue weighted by Crippen LogP contribution is 2.15. The highest BCUT2D eigenvalue weighted by molar-refractivity contribution is 5.25. The fourth-order valence-corrected chi connectivity index (χ4v) is 2.15. The van der Waals surface area contributed by atoms with Crippen molar-refractivity contribution in [2.45, 2.75) is 32.7 Å². The van der Waals surface area contributed by atoms with Crippen molar-refractivity contribution in [2.24, 2.45) is 0 Å². The summed E-state index contributed by atoms with van der Waals surface area (Å²) in [5.41, 5.74) is 2.92. The first-order valence-corrected chi connectivity index (χ1v) is 5.63. The van der Waals surface area contributed by atoms with Gasteiger partial charge in [-0.25, -0.2) is 0 Å². The van der Waals surface area contributed by atoms with E-state index in [9.17, 15) is 0 Å². The SMILES string of the molecule is Cc1ccccc1CN1CCCCC1. The first kappa shape index (κ1) is 9.72. The van der Waals surface area contributed by atoms with Gasteiger partial charge in [-0.2, -0.15) is 0 Å². The van der Waals surface area contributed by atoms with Crippen molar-refractivity contribution in [3.05, 3.63) is 35.4 Å². The zero-order valence-electron chi connectivity index (χ0n) is 9.00. The Labute approximate surface area is 86.7 Å². The molecule has 76 valence electrons. The molecule has 0 spiro atoms. The van der Waals surface area contributed by atoms with Gasteiger partial charge < -0.3 is 0 Å². The standard InChI is InChI=1S/C13H19N/c1-12-7-3-4-8-13(12)11-14-9-5-2-6-10-14/h3-4,7-8H,2,5-6,9-11H2,1H3. The maximum atomic E-state index is 2.58. The van der Waals surface area contributed by atoms with E-state index in [-0.39, 0.29) is 0 Å². The summed E-state index contributed by atoms with van der Waals surface area (Å²) < 4.78 is 0. The topological polar surface area (TPSA) is 3.24 Å². The maximum absolute atomic E-state index is 2.58. The van der Waals surface area contributed by atoms with Crippen molar-refractivity contribution in [2.75, 3.05) is 13.1 Å². The van der Waals surface area contributed by atoms with Crippen LogP contribution in [0.2, 0.25) is 0 Å². The summed E-state index contributed by atoms with van der Waals surface area (Å²) >= 11 is 0. The third-order valence-electron chi connectivity index (χ3n) is 3.10. The van der Waals surface area contributed by atoms with Crippen LogP contribution in [0, 0.1) is 6.92 Å². The van der Waals surface area contributed by atoms with Crippen molar-refractivity contribution in [1.29, 1.82) is 0 Å². The molecule has 2 rings (SSSR count). The Morgan fingerprint density at radius 3 is 2.50 bits per heavy atom. The summed E-state index contributed by atoms with van der Waals surface area (Å²) in [4.78, 5) is 2.58. The van der Waals surface area contributed by atoms with Crippen LogP contribution in [0.5, 0.6) is 0 Å². The number of rotatable bonds is 2. The van der Waals surface area contributed by atoms with E-state index in [1.54, 1.807) is 0 Å². The van der Waals surface area contributed by atoms with E-state index in [2.05, 4.69) is 36.1 Å². The normalized spacial score (nSPS) is 18.4. The van der Waals surface area contributed by atoms with Crippen LogP contribution in [0.15, 0.2) is 24.3 Å². The third kappa shape index (κ3) is 2.36. The molecule has 1 aromatic carbocycles.